The Morgan fingerprint density at radius 2 is 1.58 bits per heavy atom. The van der Waals surface area contributed by atoms with E-state index in [9.17, 15) is 13.2 Å². The third kappa shape index (κ3) is 6.68. The van der Waals surface area contributed by atoms with Crippen LogP contribution in [0.15, 0.2) is 103 Å². The molecular weight excluding hydrogens is 575 g/mol. The number of benzene rings is 5. The predicted octanol–water partition coefficient (Wildman–Crippen LogP) is 10.2. The zero-order valence-corrected chi connectivity index (χ0v) is 25.2. The van der Waals surface area contributed by atoms with E-state index in [2.05, 4.69) is 46.1 Å². The Bertz CT molecular complexity index is 1890. The number of hydrogen-bond acceptors (Lipinski definition) is 4. The molecule has 1 aliphatic carbocycles. The maximum Gasteiger partial charge on any atom is 0.573 e. The van der Waals surface area contributed by atoms with Crippen molar-refractivity contribution in [2.24, 2.45) is 0 Å². The smallest absolute Gasteiger partial charge is 0.496 e. The summed E-state index contributed by atoms with van der Waals surface area (Å²) in [6, 6.07) is 29.1. The summed E-state index contributed by atoms with van der Waals surface area (Å²) in [5, 5.41) is 6.90. The minimum Gasteiger partial charge on any atom is -0.496 e. The van der Waals surface area contributed by atoms with Gasteiger partial charge in [-0.3, -0.25) is 4.98 Å². The van der Waals surface area contributed by atoms with E-state index in [1.807, 2.05) is 48.8 Å². The number of halogens is 3. The van der Waals surface area contributed by atoms with Crippen LogP contribution in [0.4, 0.5) is 13.2 Å². The molecule has 230 valence electrons. The van der Waals surface area contributed by atoms with Crippen molar-refractivity contribution < 1.29 is 27.4 Å². The topological polar surface area (TPSA) is 40.6 Å². The van der Waals surface area contributed by atoms with Gasteiger partial charge >= 0.3 is 6.36 Å². The quantitative estimate of drug-likeness (QED) is 0.176. The van der Waals surface area contributed by atoms with Crippen LogP contribution in [0.2, 0.25) is 0 Å². The molecule has 6 aromatic rings. The Morgan fingerprint density at radius 3 is 2.36 bits per heavy atom. The molecule has 1 aromatic heterocycles. The van der Waals surface area contributed by atoms with Crippen LogP contribution in [0.5, 0.6) is 17.2 Å². The van der Waals surface area contributed by atoms with Crippen LogP contribution in [-0.2, 0) is 12.8 Å². The molecule has 5 aromatic carbocycles. The lowest BCUT2D eigenvalue weighted by molar-refractivity contribution is -0.274. The van der Waals surface area contributed by atoms with Gasteiger partial charge in [0.15, 0.2) is 0 Å². The standard InChI is InChI=1S/C29H27F3O3.C9H7N/c1-33-26-11-5-10-24-23-15-14-21-19(7-4-9-22(21)25(23)17-27(34-2)28(24)26)13-12-18-6-3-8-20(16-18)35-29(30,31)32;1-2-4-9-7-10-6-5-8(9)3-1/h3,5-6,8,10-11,14-17,19H,4,7,9,12-13H2,1-2H3;1-7H/t19-;/m0./s1. The van der Waals surface area contributed by atoms with Gasteiger partial charge in [0.1, 0.15) is 17.2 Å². The number of methoxy groups -OCH3 is 2. The molecule has 4 nitrogen and oxygen atoms in total. The van der Waals surface area contributed by atoms with E-state index >= 15 is 0 Å². The van der Waals surface area contributed by atoms with Crippen LogP contribution in [0.3, 0.4) is 0 Å². The maximum atomic E-state index is 12.6. The number of rotatable bonds is 6. The highest BCUT2D eigenvalue weighted by molar-refractivity contribution is 6.13. The molecule has 0 saturated carbocycles. The Morgan fingerprint density at radius 1 is 0.778 bits per heavy atom. The molecule has 7 heteroatoms. The highest BCUT2D eigenvalue weighted by atomic mass is 19.4. The van der Waals surface area contributed by atoms with Gasteiger partial charge in [0.05, 0.1) is 19.6 Å². The summed E-state index contributed by atoms with van der Waals surface area (Å²) < 4.78 is 53.3. The number of fused-ring (bicyclic) bond motifs is 6. The molecule has 0 unspecified atom stereocenters. The average molecular weight is 610 g/mol. The Hall–Kier alpha value is -4.78. The number of ether oxygens (including phenoxy) is 3. The summed E-state index contributed by atoms with van der Waals surface area (Å²) in [5.41, 5.74) is 3.52. The summed E-state index contributed by atoms with van der Waals surface area (Å²) in [4.78, 5) is 4.01. The van der Waals surface area contributed by atoms with Gasteiger partial charge in [-0.15, -0.1) is 13.2 Å². The monoisotopic (exact) mass is 609 g/mol. The van der Waals surface area contributed by atoms with Crippen LogP contribution in [0.25, 0.3) is 32.3 Å². The first-order valence-corrected chi connectivity index (χ1v) is 15.1. The van der Waals surface area contributed by atoms with Crippen molar-refractivity contribution in [1.29, 1.82) is 0 Å². The van der Waals surface area contributed by atoms with Crippen LogP contribution in [0.1, 0.15) is 41.9 Å². The minimum atomic E-state index is -4.68. The summed E-state index contributed by atoms with van der Waals surface area (Å²) in [6.07, 6.45) is 3.69. The minimum absolute atomic E-state index is 0.167. The van der Waals surface area contributed by atoms with E-state index in [0.717, 1.165) is 53.5 Å². The fourth-order valence-corrected chi connectivity index (χ4v) is 6.53. The Kier molecular flexibility index (Phi) is 8.78. The summed E-state index contributed by atoms with van der Waals surface area (Å²) in [6.45, 7) is 0. The zero-order valence-electron chi connectivity index (χ0n) is 25.2. The van der Waals surface area contributed by atoms with E-state index in [-0.39, 0.29) is 5.75 Å². The van der Waals surface area contributed by atoms with Crippen molar-refractivity contribution in [1.82, 2.24) is 4.98 Å². The van der Waals surface area contributed by atoms with Gasteiger partial charge in [0, 0.05) is 12.4 Å². The van der Waals surface area contributed by atoms with Crippen molar-refractivity contribution in [3.8, 4) is 17.2 Å². The number of alkyl halides is 3. The van der Waals surface area contributed by atoms with Crippen LogP contribution >= 0.6 is 0 Å². The lowest BCUT2D eigenvalue weighted by Crippen LogP contribution is -2.17. The van der Waals surface area contributed by atoms with Gasteiger partial charge in [-0.05, 0) is 112 Å². The highest BCUT2D eigenvalue weighted by Crippen LogP contribution is 2.44. The third-order valence-corrected chi connectivity index (χ3v) is 8.55. The lowest BCUT2D eigenvalue weighted by Gasteiger charge is -2.27. The molecule has 1 heterocycles. The first kappa shape index (κ1) is 30.3. The molecular formula is C38H34F3NO3. The molecule has 0 saturated heterocycles. The second-order valence-electron chi connectivity index (χ2n) is 11.2. The number of nitrogens with zero attached hydrogens (tertiary/aromatic N) is 1. The van der Waals surface area contributed by atoms with Gasteiger partial charge < -0.3 is 14.2 Å². The molecule has 0 aliphatic heterocycles. The maximum absolute atomic E-state index is 12.6. The third-order valence-electron chi connectivity index (χ3n) is 8.55. The molecule has 0 bridgehead atoms. The molecule has 0 amide bonds. The second kappa shape index (κ2) is 13.1. The summed E-state index contributed by atoms with van der Waals surface area (Å²) >= 11 is 0. The molecule has 1 aliphatic rings. The largest absolute Gasteiger partial charge is 0.573 e. The Balaban J connectivity index is 0.000000301. The second-order valence-corrected chi connectivity index (χ2v) is 11.2. The van der Waals surface area contributed by atoms with E-state index in [1.54, 1.807) is 20.3 Å². The molecule has 45 heavy (non-hydrogen) atoms. The fourth-order valence-electron chi connectivity index (χ4n) is 6.53. The lowest BCUT2D eigenvalue weighted by atomic mass is 9.77. The number of aryl methyl sites for hydroxylation is 2. The summed E-state index contributed by atoms with van der Waals surface area (Å²) in [5.74, 6) is 1.76. The normalized spacial score (nSPS) is 14.5. The fraction of sp³-hybridized carbons (Fsp3) is 0.237. The van der Waals surface area contributed by atoms with Gasteiger partial charge in [-0.2, -0.15) is 0 Å². The van der Waals surface area contributed by atoms with Gasteiger partial charge in [0.2, 0.25) is 0 Å². The molecule has 0 radical (unpaired) electrons. The molecule has 0 N–H and O–H groups in total. The van der Waals surface area contributed by atoms with Crippen LogP contribution in [0, 0.1) is 0 Å². The zero-order chi connectivity index (χ0) is 31.4. The van der Waals surface area contributed by atoms with Gasteiger partial charge in [-0.1, -0.05) is 60.7 Å². The van der Waals surface area contributed by atoms with Crippen molar-refractivity contribution in [3.63, 3.8) is 0 Å². The number of hydrogen-bond donors (Lipinski definition) is 0. The van der Waals surface area contributed by atoms with Crippen molar-refractivity contribution in [2.75, 3.05) is 14.2 Å². The van der Waals surface area contributed by atoms with E-state index in [0.29, 0.717) is 12.3 Å². The molecule has 0 fully saturated rings. The molecule has 1 atom stereocenters. The number of pyridine rings is 1. The SMILES string of the molecule is COc1cccc2c1c(OC)cc1c3c(ccc12)[C@H](CCc1cccc(OC(F)(F)F)c1)CCC3.c1ccc2cnccc2c1. The first-order valence-electron chi connectivity index (χ1n) is 15.1. The summed E-state index contributed by atoms with van der Waals surface area (Å²) in [7, 11) is 3.35. The average Bonchev–Trinajstić information content (AvgIpc) is 3.06. The van der Waals surface area contributed by atoms with Crippen molar-refractivity contribution >= 4 is 32.3 Å². The number of aromatic nitrogens is 1. The predicted molar refractivity (Wildman–Crippen MR) is 173 cm³/mol. The van der Waals surface area contributed by atoms with Crippen molar-refractivity contribution in [2.45, 2.75) is 44.4 Å². The van der Waals surface area contributed by atoms with Crippen LogP contribution in [-0.4, -0.2) is 25.6 Å². The first-order chi connectivity index (χ1) is 21.8. The molecule has 0 spiro atoms. The van der Waals surface area contributed by atoms with E-state index in [1.165, 1.54) is 44.8 Å². The van der Waals surface area contributed by atoms with Gasteiger partial charge in [-0.25, -0.2) is 0 Å². The van der Waals surface area contributed by atoms with Gasteiger partial charge in [0.25, 0.3) is 0 Å². The molecule has 7 rings (SSSR count). The Labute approximate surface area is 260 Å². The highest BCUT2D eigenvalue weighted by Gasteiger charge is 2.31. The van der Waals surface area contributed by atoms with Crippen LogP contribution < -0.4 is 14.2 Å². The van der Waals surface area contributed by atoms with E-state index < -0.39 is 6.36 Å². The van der Waals surface area contributed by atoms with Crippen molar-refractivity contribution in [3.05, 3.63) is 120 Å². The van der Waals surface area contributed by atoms with E-state index in [4.69, 9.17) is 9.47 Å².